The van der Waals surface area contributed by atoms with Gasteiger partial charge in [0.2, 0.25) is 5.88 Å². The molecule has 0 atom stereocenters. The minimum Gasteiger partial charge on any atom is -0.439 e. The lowest BCUT2D eigenvalue weighted by Crippen LogP contribution is -2.04. The first-order valence-corrected chi connectivity index (χ1v) is 5.40. The summed E-state index contributed by atoms with van der Waals surface area (Å²) in [7, 11) is 0. The molecule has 2 rings (SSSR count). The van der Waals surface area contributed by atoms with Crippen LogP contribution in [0.3, 0.4) is 0 Å². The van der Waals surface area contributed by atoms with Crippen molar-refractivity contribution in [2.45, 2.75) is 12.8 Å². The van der Waals surface area contributed by atoms with E-state index in [4.69, 9.17) is 9.84 Å². The monoisotopic (exact) mass is 269 g/mol. The summed E-state index contributed by atoms with van der Waals surface area (Å²) in [5, 5.41) is 9.08. The molecule has 19 heavy (non-hydrogen) atoms. The second-order valence-electron chi connectivity index (χ2n) is 3.75. The molecule has 0 aliphatic carbocycles. The second kappa shape index (κ2) is 5.27. The van der Waals surface area contributed by atoms with Gasteiger partial charge in [-0.15, -0.1) is 0 Å². The van der Waals surface area contributed by atoms with Crippen LogP contribution in [-0.2, 0) is 12.8 Å². The predicted molar refractivity (Wildman–Crippen MR) is 61.7 cm³/mol. The number of hydrogen-bond donors (Lipinski definition) is 1. The van der Waals surface area contributed by atoms with Crippen molar-refractivity contribution < 1.29 is 23.0 Å². The molecule has 0 saturated heterocycles. The summed E-state index contributed by atoms with van der Waals surface area (Å²) in [6.07, 6.45) is -2.99. The lowest BCUT2D eigenvalue weighted by atomic mass is 10.2. The Bertz CT molecular complexity index is 570. The van der Waals surface area contributed by atoms with Crippen molar-refractivity contribution in [2.24, 2.45) is 0 Å². The minimum atomic E-state index is -4.43. The Hall–Kier alpha value is -2.08. The number of hydrogen-bond acceptors (Lipinski definition) is 3. The van der Waals surface area contributed by atoms with Crippen molar-refractivity contribution in [3.05, 3.63) is 53.7 Å². The number of nitrogens with zero attached hydrogens (tertiary/aromatic N) is 1. The molecular weight excluding hydrogens is 259 g/mol. The minimum absolute atomic E-state index is 0.0169. The smallest absolute Gasteiger partial charge is 0.416 e. The molecule has 3 nitrogen and oxygen atoms in total. The van der Waals surface area contributed by atoms with Crippen LogP contribution in [0.4, 0.5) is 13.2 Å². The van der Waals surface area contributed by atoms with Gasteiger partial charge in [-0.3, -0.25) is 0 Å². The first-order valence-electron chi connectivity index (χ1n) is 5.40. The van der Waals surface area contributed by atoms with E-state index in [1.165, 1.54) is 18.3 Å². The third-order valence-corrected chi connectivity index (χ3v) is 2.40. The van der Waals surface area contributed by atoms with Crippen LogP contribution in [0.2, 0.25) is 0 Å². The Balaban J connectivity index is 2.29. The zero-order chi connectivity index (χ0) is 13.9. The molecule has 0 unspecified atom stereocenters. The highest BCUT2D eigenvalue weighted by Crippen LogP contribution is 2.32. The first kappa shape index (κ1) is 13.4. The van der Waals surface area contributed by atoms with Crippen molar-refractivity contribution in [2.75, 3.05) is 0 Å². The highest BCUT2D eigenvalue weighted by atomic mass is 19.4. The zero-order valence-electron chi connectivity index (χ0n) is 9.69. The number of benzene rings is 1. The maximum atomic E-state index is 12.5. The van der Waals surface area contributed by atoms with Gasteiger partial charge >= 0.3 is 6.18 Å². The van der Waals surface area contributed by atoms with E-state index >= 15 is 0 Å². The van der Waals surface area contributed by atoms with Crippen molar-refractivity contribution >= 4 is 0 Å². The quantitative estimate of drug-likeness (QED) is 0.928. The third-order valence-electron chi connectivity index (χ3n) is 2.40. The summed E-state index contributed by atoms with van der Waals surface area (Å²) in [4.78, 5) is 3.87. The molecule has 1 aromatic carbocycles. The fourth-order valence-electron chi connectivity index (χ4n) is 1.48. The Morgan fingerprint density at radius 1 is 1.16 bits per heavy atom. The third kappa shape index (κ3) is 3.23. The Labute approximate surface area is 107 Å². The number of aliphatic hydroxyl groups is 1. The van der Waals surface area contributed by atoms with Gasteiger partial charge in [0.25, 0.3) is 0 Å². The molecule has 0 amide bonds. The largest absolute Gasteiger partial charge is 0.439 e. The molecule has 2 aromatic rings. The van der Waals surface area contributed by atoms with Crippen LogP contribution in [0.1, 0.15) is 11.1 Å². The Morgan fingerprint density at radius 2 is 1.95 bits per heavy atom. The van der Waals surface area contributed by atoms with E-state index in [1.54, 1.807) is 12.1 Å². The maximum Gasteiger partial charge on any atom is 0.416 e. The van der Waals surface area contributed by atoms with Gasteiger partial charge < -0.3 is 9.84 Å². The summed E-state index contributed by atoms with van der Waals surface area (Å²) < 4.78 is 42.9. The molecule has 1 N–H and O–H groups in total. The van der Waals surface area contributed by atoms with Gasteiger partial charge in [0.1, 0.15) is 5.75 Å². The number of halogens is 3. The maximum absolute atomic E-state index is 12.5. The summed E-state index contributed by atoms with van der Waals surface area (Å²) in [5.74, 6) is 0.104. The molecular formula is C13H10F3NO2. The van der Waals surface area contributed by atoms with E-state index in [9.17, 15) is 13.2 Å². The van der Waals surface area contributed by atoms with Crippen LogP contribution in [0.15, 0.2) is 42.6 Å². The molecule has 6 heteroatoms. The van der Waals surface area contributed by atoms with Gasteiger partial charge in [-0.2, -0.15) is 13.2 Å². The van der Waals surface area contributed by atoms with Gasteiger partial charge in [0.15, 0.2) is 0 Å². The molecule has 0 bridgehead atoms. The highest BCUT2D eigenvalue weighted by Gasteiger charge is 2.30. The summed E-state index contributed by atoms with van der Waals surface area (Å²) >= 11 is 0. The van der Waals surface area contributed by atoms with E-state index in [-0.39, 0.29) is 18.2 Å². The molecule has 0 aliphatic rings. The van der Waals surface area contributed by atoms with E-state index < -0.39 is 11.7 Å². The van der Waals surface area contributed by atoms with Crippen LogP contribution >= 0.6 is 0 Å². The number of aliphatic hydroxyl groups excluding tert-OH is 1. The van der Waals surface area contributed by atoms with Crippen LogP contribution in [0.25, 0.3) is 0 Å². The molecule has 0 spiro atoms. The van der Waals surface area contributed by atoms with Crippen molar-refractivity contribution in [3.63, 3.8) is 0 Å². The van der Waals surface area contributed by atoms with Crippen molar-refractivity contribution in [1.29, 1.82) is 0 Å². The zero-order valence-corrected chi connectivity index (χ0v) is 9.69. The molecule has 0 radical (unpaired) electrons. The molecule has 100 valence electrons. The number of pyridine rings is 1. The average molecular weight is 269 g/mol. The number of alkyl halides is 3. The van der Waals surface area contributed by atoms with Crippen LogP contribution in [-0.4, -0.2) is 10.1 Å². The number of aromatic nitrogens is 1. The SMILES string of the molecule is OCc1cccnc1Oc1cccc(C(F)(F)F)c1. The molecule has 0 aliphatic heterocycles. The van der Waals surface area contributed by atoms with E-state index in [0.717, 1.165) is 12.1 Å². The van der Waals surface area contributed by atoms with Gasteiger partial charge in [-0.05, 0) is 30.3 Å². The second-order valence-corrected chi connectivity index (χ2v) is 3.75. The van der Waals surface area contributed by atoms with E-state index in [1.807, 2.05) is 0 Å². The molecule has 1 heterocycles. The van der Waals surface area contributed by atoms with Crippen molar-refractivity contribution in [1.82, 2.24) is 4.98 Å². The summed E-state index contributed by atoms with van der Waals surface area (Å²) in [6.45, 7) is -0.303. The van der Waals surface area contributed by atoms with E-state index in [0.29, 0.717) is 5.56 Å². The lowest BCUT2D eigenvalue weighted by molar-refractivity contribution is -0.137. The van der Waals surface area contributed by atoms with Crippen LogP contribution in [0, 0.1) is 0 Å². The standard InChI is InChI=1S/C13H10F3NO2/c14-13(15,16)10-4-1-5-11(7-10)19-12-9(8-18)3-2-6-17-12/h1-7,18H,8H2. The fraction of sp³-hybridized carbons (Fsp3) is 0.154. The van der Waals surface area contributed by atoms with E-state index in [2.05, 4.69) is 4.98 Å². The Kier molecular flexibility index (Phi) is 3.71. The van der Waals surface area contributed by atoms with Crippen molar-refractivity contribution in [3.8, 4) is 11.6 Å². The van der Waals surface area contributed by atoms with Gasteiger partial charge in [0, 0.05) is 11.8 Å². The first-order chi connectivity index (χ1) is 9.00. The van der Waals surface area contributed by atoms with Gasteiger partial charge in [0.05, 0.1) is 12.2 Å². The average Bonchev–Trinajstić information content (AvgIpc) is 2.39. The lowest BCUT2D eigenvalue weighted by Gasteiger charge is -2.11. The van der Waals surface area contributed by atoms with Crippen LogP contribution < -0.4 is 4.74 Å². The topological polar surface area (TPSA) is 42.4 Å². The fourth-order valence-corrected chi connectivity index (χ4v) is 1.48. The summed E-state index contributed by atoms with van der Waals surface area (Å²) in [5.41, 5.74) is -0.397. The molecule has 0 saturated carbocycles. The number of rotatable bonds is 3. The predicted octanol–water partition coefficient (Wildman–Crippen LogP) is 3.39. The number of ether oxygens (including phenoxy) is 1. The molecule has 0 fully saturated rings. The Morgan fingerprint density at radius 3 is 2.63 bits per heavy atom. The normalized spacial score (nSPS) is 11.4. The van der Waals surface area contributed by atoms with Gasteiger partial charge in [-0.1, -0.05) is 6.07 Å². The molecule has 1 aromatic heterocycles. The summed E-state index contributed by atoms with van der Waals surface area (Å²) in [6, 6.07) is 7.67. The van der Waals surface area contributed by atoms with Gasteiger partial charge in [-0.25, -0.2) is 4.98 Å². The highest BCUT2D eigenvalue weighted by molar-refractivity contribution is 5.35. The van der Waals surface area contributed by atoms with Crippen LogP contribution in [0.5, 0.6) is 11.6 Å².